The Morgan fingerprint density at radius 1 is 1.37 bits per heavy atom. The number of benzene rings is 1. The Hall–Kier alpha value is -1.55. The van der Waals surface area contributed by atoms with Gasteiger partial charge >= 0.3 is 0 Å². The molecule has 0 aliphatic rings. The van der Waals surface area contributed by atoms with Crippen LogP contribution >= 0.6 is 0 Å². The predicted octanol–water partition coefficient (Wildman–Crippen LogP) is 1.82. The smallest absolute Gasteiger partial charge is 0.239 e. The summed E-state index contributed by atoms with van der Waals surface area (Å²) >= 11 is 0. The van der Waals surface area contributed by atoms with E-state index in [9.17, 15) is 4.79 Å². The first kappa shape index (κ1) is 15.5. The van der Waals surface area contributed by atoms with E-state index >= 15 is 0 Å². The van der Waals surface area contributed by atoms with Gasteiger partial charge < -0.3 is 15.4 Å². The van der Waals surface area contributed by atoms with Crippen molar-refractivity contribution in [2.45, 2.75) is 26.8 Å². The average molecular weight is 264 g/mol. The lowest BCUT2D eigenvalue weighted by Crippen LogP contribution is -2.46. The van der Waals surface area contributed by atoms with Crippen LogP contribution in [0.3, 0.4) is 0 Å². The molecule has 0 radical (unpaired) electrons. The van der Waals surface area contributed by atoms with Gasteiger partial charge in [-0.15, -0.1) is 0 Å². The maximum absolute atomic E-state index is 11.9. The molecular formula is C15H24N2O2. The fraction of sp³-hybridized carbons (Fsp3) is 0.533. The number of hydrogen-bond donors (Lipinski definition) is 1. The molecule has 0 heterocycles. The van der Waals surface area contributed by atoms with Crippen LogP contribution in [0.5, 0.6) is 5.75 Å². The summed E-state index contributed by atoms with van der Waals surface area (Å²) in [5.41, 5.74) is 6.93. The Labute approximate surface area is 115 Å². The van der Waals surface area contributed by atoms with Crippen molar-refractivity contribution in [1.82, 2.24) is 4.90 Å². The van der Waals surface area contributed by atoms with Crippen molar-refractivity contribution in [3.63, 3.8) is 0 Å². The molecule has 1 rings (SSSR count). The van der Waals surface area contributed by atoms with Gasteiger partial charge in [0, 0.05) is 7.05 Å². The summed E-state index contributed by atoms with van der Waals surface area (Å²) in [5.74, 6) is 0.965. The zero-order chi connectivity index (χ0) is 14.4. The van der Waals surface area contributed by atoms with Crippen molar-refractivity contribution in [2.75, 3.05) is 20.2 Å². The van der Waals surface area contributed by atoms with Crippen LogP contribution in [0.1, 0.15) is 19.4 Å². The number of nitrogens with zero attached hydrogens (tertiary/aromatic N) is 1. The van der Waals surface area contributed by atoms with E-state index in [1.54, 1.807) is 11.9 Å². The highest BCUT2D eigenvalue weighted by Gasteiger charge is 2.20. The highest BCUT2D eigenvalue weighted by Crippen LogP contribution is 2.15. The molecule has 0 fully saturated rings. The minimum Gasteiger partial charge on any atom is -0.491 e. The molecule has 1 aromatic carbocycles. The van der Waals surface area contributed by atoms with Crippen LogP contribution in [0, 0.1) is 12.8 Å². The van der Waals surface area contributed by atoms with Crippen LogP contribution in [0.25, 0.3) is 0 Å². The molecule has 0 saturated carbocycles. The molecule has 0 aliphatic carbocycles. The molecule has 1 atom stereocenters. The van der Waals surface area contributed by atoms with Gasteiger partial charge in [0.1, 0.15) is 12.4 Å². The van der Waals surface area contributed by atoms with E-state index in [1.807, 2.05) is 45.0 Å². The molecule has 0 aromatic heterocycles. The van der Waals surface area contributed by atoms with Crippen molar-refractivity contribution in [3.8, 4) is 5.75 Å². The van der Waals surface area contributed by atoms with Gasteiger partial charge in [-0.05, 0) is 24.5 Å². The molecule has 1 aromatic rings. The molecule has 4 heteroatoms. The third kappa shape index (κ3) is 4.56. The van der Waals surface area contributed by atoms with Gasteiger partial charge in [-0.1, -0.05) is 32.0 Å². The number of carbonyl (C=O) groups excluding carboxylic acids is 1. The molecular weight excluding hydrogens is 240 g/mol. The maximum atomic E-state index is 11.9. The van der Waals surface area contributed by atoms with Crippen molar-refractivity contribution >= 4 is 5.91 Å². The van der Waals surface area contributed by atoms with Gasteiger partial charge in [0.2, 0.25) is 5.91 Å². The highest BCUT2D eigenvalue weighted by atomic mass is 16.5. The van der Waals surface area contributed by atoms with E-state index in [1.165, 1.54) is 0 Å². The minimum atomic E-state index is -0.441. The summed E-state index contributed by atoms with van der Waals surface area (Å²) < 4.78 is 5.66. The van der Waals surface area contributed by atoms with Crippen LogP contribution < -0.4 is 10.5 Å². The maximum Gasteiger partial charge on any atom is 0.239 e. The molecule has 0 aliphatic heterocycles. The van der Waals surface area contributed by atoms with Crippen molar-refractivity contribution in [3.05, 3.63) is 29.8 Å². The largest absolute Gasteiger partial charge is 0.491 e. The number of carbonyl (C=O) groups is 1. The molecule has 4 nitrogen and oxygen atoms in total. The number of hydrogen-bond acceptors (Lipinski definition) is 3. The molecule has 0 unspecified atom stereocenters. The Bertz CT molecular complexity index is 418. The number of aryl methyl sites for hydroxylation is 1. The van der Waals surface area contributed by atoms with E-state index in [2.05, 4.69) is 0 Å². The average Bonchev–Trinajstić information content (AvgIpc) is 2.38. The fourth-order valence-corrected chi connectivity index (χ4v) is 1.66. The van der Waals surface area contributed by atoms with Crippen LogP contribution in [-0.2, 0) is 4.79 Å². The molecule has 19 heavy (non-hydrogen) atoms. The quantitative estimate of drug-likeness (QED) is 0.852. The zero-order valence-corrected chi connectivity index (χ0v) is 12.2. The first-order valence-corrected chi connectivity index (χ1v) is 6.62. The summed E-state index contributed by atoms with van der Waals surface area (Å²) in [7, 11) is 1.76. The van der Waals surface area contributed by atoms with Gasteiger partial charge in [0.05, 0.1) is 12.6 Å². The van der Waals surface area contributed by atoms with Gasteiger partial charge in [-0.25, -0.2) is 0 Å². The standard InChI is InChI=1S/C15H24N2O2/c1-11(2)14(16)15(18)17(4)9-10-19-13-8-6-5-7-12(13)3/h5-8,11,14H,9-10,16H2,1-4H3/t14-/m1/s1. The van der Waals surface area contributed by atoms with Crippen LogP contribution in [0.15, 0.2) is 24.3 Å². The Balaban J connectivity index is 2.41. The Morgan fingerprint density at radius 3 is 2.58 bits per heavy atom. The topological polar surface area (TPSA) is 55.6 Å². The monoisotopic (exact) mass is 264 g/mol. The van der Waals surface area contributed by atoms with Gasteiger partial charge in [0.15, 0.2) is 0 Å². The number of nitrogens with two attached hydrogens (primary N) is 1. The molecule has 106 valence electrons. The minimum absolute atomic E-state index is 0.0385. The van der Waals surface area contributed by atoms with Gasteiger partial charge in [0.25, 0.3) is 0 Å². The Kier molecular flexibility index (Phi) is 5.83. The second kappa shape index (κ2) is 7.14. The van der Waals surface area contributed by atoms with Gasteiger partial charge in [-0.3, -0.25) is 4.79 Å². The number of likely N-dealkylation sites (N-methyl/N-ethyl adjacent to an activating group) is 1. The molecule has 0 spiro atoms. The summed E-state index contributed by atoms with van der Waals surface area (Å²) in [4.78, 5) is 13.6. The lowest BCUT2D eigenvalue weighted by atomic mass is 10.0. The van der Waals surface area contributed by atoms with E-state index in [0.29, 0.717) is 13.2 Å². The third-order valence-electron chi connectivity index (χ3n) is 3.16. The summed E-state index contributed by atoms with van der Waals surface area (Å²) in [6.45, 7) is 6.89. The SMILES string of the molecule is Cc1ccccc1OCCN(C)C(=O)[C@H](N)C(C)C. The van der Waals surface area contributed by atoms with Crippen LogP contribution in [0.4, 0.5) is 0 Å². The Morgan fingerprint density at radius 2 is 2.00 bits per heavy atom. The molecule has 1 amide bonds. The second-order valence-corrected chi connectivity index (χ2v) is 5.14. The zero-order valence-electron chi connectivity index (χ0n) is 12.2. The second-order valence-electron chi connectivity index (χ2n) is 5.14. The number of ether oxygens (including phenoxy) is 1. The first-order valence-electron chi connectivity index (χ1n) is 6.62. The third-order valence-corrected chi connectivity index (χ3v) is 3.16. The van der Waals surface area contributed by atoms with Crippen molar-refractivity contribution in [1.29, 1.82) is 0 Å². The summed E-state index contributed by atoms with van der Waals surface area (Å²) in [5, 5.41) is 0. The molecule has 0 saturated heterocycles. The normalized spacial score (nSPS) is 12.3. The van der Waals surface area contributed by atoms with Crippen molar-refractivity contribution in [2.24, 2.45) is 11.7 Å². The summed E-state index contributed by atoms with van der Waals surface area (Å²) in [6.07, 6.45) is 0. The van der Waals surface area contributed by atoms with E-state index in [-0.39, 0.29) is 11.8 Å². The number of amides is 1. The first-order chi connectivity index (χ1) is 8.93. The molecule has 2 N–H and O–H groups in total. The number of rotatable bonds is 6. The fourth-order valence-electron chi connectivity index (χ4n) is 1.66. The van der Waals surface area contributed by atoms with Crippen LogP contribution in [-0.4, -0.2) is 37.0 Å². The predicted molar refractivity (Wildman–Crippen MR) is 77.1 cm³/mol. The van der Waals surface area contributed by atoms with E-state index in [4.69, 9.17) is 10.5 Å². The molecule has 0 bridgehead atoms. The van der Waals surface area contributed by atoms with Crippen LogP contribution in [0.2, 0.25) is 0 Å². The van der Waals surface area contributed by atoms with Gasteiger partial charge in [-0.2, -0.15) is 0 Å². The van der Waals surface area contributed by atoms with E-state index < -0.39 is 6.04 Å². The van der Waals surface area contributed by atoms with E-state index in [0.717, 1.165) is 11.3 Å². The lowest BCUT2D eigenvalue weighted by molar-refractivity contribution is -0.132. The summed E-state index contributed by atoms with van der Waals surface area (Å²) in [6, 6.07) is 7.39. The van der Waals surface area contributed by atoms with Crippen molar-refractivity contribution < 1.29 is 9.53 Å². The highest BCUT2D eigenvalue weighted by molar-refractivity contribution is 5.81. The lowest BCUT2D eigenvalue weighted by Gasteiger charge is -2.23. The number of para-hydroxylation sites is 1.